The Morgan fingerprint density at radius 3 is 2.49 bits per heavy atom. The Morgan fingerprint density at radius 1 is 1.00 bits per heavy atom. The number of benzene rings is 1. The van der Waals surface area contributed by atoms with Crippen molar-refractivity contribution in [3.05, 3.63) is 70.1 Å². The second kappa shape index (κ2) is 9.99. The van der Waals surface area contributed by atoms with Crippen LogP contribution in [0.4, 0.5) is 0 Å². The van der Waals surface area contributed by atoms with Crippen molar-refractivity contribution in [1.82, 2.24) is 24.1 Å². The molecule has 2 aromatic heterocycles. The monoisotopic (exact) mass is 493 g/mol. The van der Waals surface area contributed by atoms with Crippen molar-refractivity contribution in [3.8, 4) is 0 Å². The van der Waals surface area contributed by atoms with Crippen molar-refractivity contribution in [1.29, 1.82) is 0 Å². The van der Waals surface area contributed by atoms with Gasteiger partial charge in [-0.2, -0.15) is 0 Å². The fourth-order valence-electron chi connectivity index (χ4n) is 5.24. The minimum Gasteiger partial charge on any atom is -0.340 e. The first-order valence-electron chi connectivity index (χ1n) is 12.4. The minimum atomic E-state index is -0.129. The molecule has 0 spiro atoms. The van der Waals surface area contributed by atoms with Gasteiger partial charge < -0.3 is 14.2 Å². The second-order valence-corrected chi connectivity index (χ2v) is 10.2. The molecule has 1 unspecified atom stereocenters. The standard InChI is InChI=1S/C27H32ClN5O2/c1-19-9-11-33-24(20(2)29-25(33)16-19)18-30-12-14-31(15-13-30)27(35)22-4-3-10-32(17-22)26(34)21-5-7-23(28)8-6-21/h5-9,11,16,22H,3-4,10,12-15,17-18H2,1-2H3. The van der Waals surface area contributed by atoms with Gasteiger partial charge in [0.1, 0.15) is 5.65 Å². The lowest BCUT2D eigenvalue weighted by molar-refractivity contribution is -0.138. The number of piperazine rings is 1. The van der Waals surface area contributed by atoms with E-state index in [4.69, 9.17) is 16.6 Å². The van der Waals surface area contributed by atoms with Gasteiger partial charge in [-0.25, -0.2) is 4.98 Å². The molecule has 184 valence electrons. The lowest BCUT2D eigenvalue weighted by atomic mass is 9.95. The predicted octanol–water partition coefficient (Wildman–Crippen LogP) is 3.80. The van der Waals surface area contributed by atoms with Crippen molar-refractivity contribution in [2.75, 3.05) is 39.3 Å². The zero-order valence-corrected chi connectivity index (χ0v) is 21.2. The molecule has 0 aliphatic carbocycles. The van der Waals surface area contributed by atoms with E-state index >= 15 is 0 Å². The summed E-state index contributed by atoms with van der Waals surface area (Å²) in [5.41, 5.74) is 5.08. The summed E-state index contributed by atoms with van der Waals surface area (Å²) in [6.45, 7) is 9.26. The molecule has 2 aliphatic rings. The van der Waals surface area contributed by atoms with E-state index in [9.17, 15) is 9.59 Å². The molecule has 1 atom stereocenters. The average molecular weight is 494 g/mol. The summed E-state index contributed by atoms with van der Waals surface area (Å²) in [6.07, 6.45) is 3.78. The molecule has 0 radical (unpaired) electrons. The fourth-order valence-corrected chi connectivity index (χ4v) is 5.37. The molecule has 8 heteroatoms. The van der Waals surface area contributed by atoms with Gasteiger partial charge in [0, 0.05) is 62.6 Å². The first kappa shape index (κ1) is 23.8. The van der Waals surface area contributed by atoms with Gasteiger partial charge in [0.05, 0.1) is 17.3 Å². The van der Waals surface area contributed by atoms with Gasteiger partial charge in [-0.05, 0) is 68.7 Å². The molecule has 0 bridgehead atoms. The Balaban J connectivity index is 1.17. The summed E-state index contributed by atoms with van der Waals surface area (Å²) in [6, 6.07) is 11.2. The molecular formula is C27H32ClN5O2. The SMILES string of the molecule is Cc1ccn2c(CN3CCN(C(=O)C4CCCN(C(=O)c5ccc(Cl)cc5)C4)CC3)c(C)nc2c1. The highest BCUT2D eigenvalue weighted by Crippen LogP contribution is 2.23. The number of pyridine rings is 1. The maximum absolute atomic E-state index is 13.3. The topological polar surface area (TPSA) is 61.2 Å². The van der Waals surface area contributed by atoms with Gasteiger partial charge in [0.2, 0.25) is 5.91 Å². The highest BCUT2D eigenvalue weighted by atomic mass is 35.5. The third-order valence-electron chi connectivity index (χ3n) is 7.29. The molecule has 0 N–H and O–H groups in total. The molecule has 7 nitrogen and oxygen atoms in total. The van der Waals surface area contributed by atoms with Crippen LogP contribution in [0.5, 0.6) is 0 Å². The second-order valence-electron chi connectivity index (χ2n) is 9.77. The molecule has 2 saturated heterocycles. The third kappa shape index (κ3) is 5.07. The molecule has 1 aromatic carbocycles. The van der Waals surface area contributed by atoms with Gasteiger partial charge in [-0.1, -0.05) is 11.6 Å². The first-order chi connectivity index (χ1) is 16.9. The number of hydrogen-bond donors (Lipinski definition) is 0. The summed E-state index contributed by atoms with van der Waals surface area (Å²) < 4.78 is 2.17. The van der Waals surface area contributed by atoms with Gasteiger partial charge in [-0.3, -0.25) is 14.5 Å². The Labute approximate surface area is 211 Å². The maximum Gasteiger partial charge on any atom is 0.253 e. The number of aromatic nitrogens is 2. The number of likely N-dealkylation sites (tertiary alicyclic amines) is 1. The zero-order chi connectivity index (χ0) is 24.5. The number of nitrogens with zero attached hydrogens (tertiary/aromatic N) is 5. The van der Waals surface area contributed by atoms with E-state index in [2.05, 4.69) is 41.5 Å². The Bertz CT molecular complexity index is 1230. The van der Waals surface area contributed by atoms with Crippen LogP contribution in [0, 0.1) is 19.8 Å². The number of piperidine rings is 1. The van der Waals surface area contributed by atoms with Crippen molar-refractivity contribution >= 4 is 29.1 Å². The number of fused-ring (bicyclic) bond motifs is 1. The van der Waals surface area contributed by atoms with Crippen molar-refractivity contribution < 1.29 is 9.59 Å². The van der Waals surface area contributed by atoms with E-state index in [-0.39, 0.29) is 17.7 Å². The van der Waals surface area contributed by atoms with E-state index in [1.54, 1.807) is 24.3 Å². The van der Waals surface area contributed by atoms with Gasteiger partial charge in [0.25, 0.3) is 5.91 Å². The zero-order valence-electron chi connectivity index (χ0n) is 20.4. The number of halogens is 1. The lowest BCUT2D eigenvalue weighted by Gasteiger charge is -2.39. The Hall–Kier alpha value is -2.90. The summed E-state index contributed by atoms with van der Waals surface area (Å²) in [5.74, 6) is 0.0260. The maximum atomic E-state index is 13.3. The Kier molecular flexibility index (Phi) is 6.80. The number of amides is 2. The quantitative estimate of drug-likeness (QED) is 0.554. The highest BCUT2D eigenvalue weighted by Gasteiger charge is 2.33. The Morgan fingerprint density at radius 2 is 1.74 bits per heavy atom. The summed E-state index contributed by atoms with van der Waals surface area (Å²) in [5, 5.41) is 0.610. The molecule has 3 aromatic rings. The third-order valence-corrected chi connectivity index (χ3v) is 7.54. The van der Waals surface area contributed by atoms with Crippen LogP contribution < -0.4 is 0 Å². The van der Waals surface area contributed by atoms with E-state index in [1.807, 2.05) is 9.80 Å². The van der Waals surface area contributed by atoms with Crippen LogP contribution in [-0.4, -0.2) is 75.2 Å². The first-order valence-corrected chi connectivity index (χ1v) is 12.8. The van der Waals surface area contributed by atoms with Crippen LogP contribution in [0.25, 0.3) is 5.65 Å². The molecule has 35 heavy (non-hydrogen) atoms. The number of carbonyl (C=O) groups excluding carboxylic acids is 2. The van der Waals surface area contributed by atoms with Crippen LogP contribution in [0.2, 0.25) is 5.02 Å². The largest absolute Gasteiger partial charge is 0.340 e. The predicted molar refractivity (Wildman–Crippen MR) is 137 cm³/mol. The van der Waals surface area contributed by atoms with Crippen molar-refractivity contribution in [2.24, 2.45) is 5.92 Å². The van der Waals surface area contributed by atoms with Crippen molar-refractivity contribution in [2.45, 2.75) is 33.2 Å². The van der Waals surface area contributed by atoms with E-state index in [0.717, 1.165) is 56.9 Å². The minimum absolute atomic E-state index is 0.0254. The number of rotatable bonds is 4. The smallest absolute Gasteiger partial charge is 0.253 e. The average Bonchev–Trinajstić information content (AvgIpc) is 3.18. The summed E-state index contributed by atoms with van der Waals surface area (Å²) >= 11 is 5.96. The fraction of sp³-hybridized carbons (Fsp3) is 0.444. The van der Waals surface area contributed by atoms with Crippen LogP contribution in [-0.2, 0) is 11.3 Å². The van der Waals surface area contributed by atoms with Crippen molar-refractivity contribution in [3.63, 3.8) is 0 Å². The van der Waals surface area contributed by atoms with Gasteiger partial charge >= 0.3 is 0 Å². The summed E-state index contributed by atoms with van der Waals surface area (Å²) in [4.78, 5) is 37.2. The highest BCUT2D eigenvalue weighted by molar-refractivity contribution is 6.30. The molecule has 2 amide bonds. The van der Waals surface area contributed by atoms with Crippen LogP contribution in [0.3, 0.4) is 0 Å². The van der Waals surface area contributed by atoms with Crippen LogP contribution in [0.1, 0.15) is 40.2 Å². The molecule has 0 saturated carbocycles. The van der Waals surface area contributed by atoms with E-state index < -0.39 is 0 Å². The normalized spacial score (nSPS) is 19.3. The molecule has 5 rings (SSSR count). The van der Waals surface area contributed by atoms with Crippen LogP contribution >= 0.6 is 11.6 Å². The molecule has 2 fully saturated rings. The lowest BCUT2D eigenvalue weighted by Crippen LogP contribution is -2.52. The summed E-state index contributed by atoms with van der Waals surface area (Å²) in [7, 11) is 0. The van der Waals surface area contributed by atoms with E-state index in [1.165, 1.54) is 11.3 Å². The van der Waals surface area contributed by atoms with Gasteiger partial charge in [0.15, 0.2) is 0 Å². The number of aryl methyl sites for hydroxylation is 2. The number of imidazole rings is 1. The number of hydrogen-bond acceptors (Lipinski definition) is 4. The molecular weight excluding hydrogens is 462 g/mol. The number of carbonyl (C=O) groups is 2. The van der Waals surface area contributed by atoms with Gasteiger partial charge in [-0.15, -0.1) is 0 Å². The molecule has 4 heterocycles. The molecule has 2 aliphatic heterocycles. The van der Waals surface area contributed by atoms with E-state index in [0.29, 0.717) is 23.7 Å². The van der Waals surface area contributed by atoms with Crippen LogP contribution in [0.15, 0.2) is 42.6 Å².